The van der Waals surface area contributed by atoms with Gasteiger partial charge in [-0.1, -0.05) is 41.9 Å². The molecular weight excluding hydrogens is 412 g/mol. The summed E-state index contributed by atoms with van der Waals surface area (Å²) in [5.41, 5.74) is 3.58. The first-order chi connectivity index (χ1) is 15.0. The summed E-state index contributed by atoms with van der Waals surface area (Å²) in [4.78, 5) is 13.1. The molecule has 2 aliphatic rings. The summed E-state index contributed by atoms with van der Waals surface area (Å²) >= 11 is 6.34. The van der Waals surface area contributed by atoms with Gasteiger partial charge in [-0.05, 0) is 54.5 Å². The maximum absolute atomic E-state index is 13.1. The van der Waals surface area contributed by atoms with Gasteiger partial charge in [-0.2, -0.15) is 5.10 Å². The number of nitrogens with zero attached hydrogens (tertiary/aromatic N) is 2. The molecule has 2 N–H and O–H groups in total. The van der Waals surface area contributed by atoms with Gasteiger partial charge < -0.3 is 15.4 Å². The molecule has 1 aliphatic carbocycles. The third kappa shape index (κ3) is 3.93. The molecule has 1 aromatic heterocycles. The first kappa shape index (κ1) is 20.1. The van der Waals surface area contributed by atoms with Crippen LogP contribution in [0.4, 0.5) is 5.69 Å². The number of benzene rings is 2. The highest BCUT2D eigenvalue weighted by molar-refractivity contribution is 6.34. The van der Waals surface area contributed by atoms with Crippen molar-refractivity contribution in [2.45, 2.75) is 32.4 Å². The number of aryl methyl sites for hydroxylation is 1. The number of aromatic nitrogens is 2. The number of hydrogen-bond acceptors (Lipinski definition) is 4. The van der Waals surface area contributed by atoms with Crippen LogP contribution in [0.15, 0.2) is 54.7 Å². The molecule has 1 spiro atoms. The fourth-order valence-corrected chi connectivity index (χ4v) is 4.72. The topological polar surface area (TPSA) is 68.2 Å². The van der Waals surface area contributed by atoms with Crippen molar-refractivity contribution >= 4 is 23.2 Å². The highest BCUT2D eigenvalue weighted by atomic mass is 35.5. The van der Waals surface area contributed by atoms with Gasteiger partial charge in [-0.25, -0.2) is 0 Å². The van der Waals surface area contributed by atoms with E-state index in [1.807, 2.05) is 55.5 Å². The Balaban J connectivity index is 1.26. The van der Waals surface area contributed by atoms with E-state index in [4.69, 9.17) is 16.3 Å². The molecule has 2 heterocycles. The van der Waals surface area contributed by atoms with E-state index in [2.05, 4.69) is 15.7 Å². The Morgan fingerprint density at radius 3 is 2.71 bits per heavy atom. The molecule has 1 amide bonds. The number of rotatable bonds is 6. The third-order valence-corrected chi connectivity index (χ3v) is 6.62. The van der Waals surface area contributed by atoms with E-state index in [-0.39, 0.29) is 11.9 Å². The van der Waals surface area contributed by atoms with Gasteiger partial charge in [0.2, 0.25) is 0 Å². The van der Waals surface area contributed by atoms with Gasteiger partial charge in [-0.3, -0.25) is 9.48 Å². The lowest BCUT2D eigenvalue weighted by molar-refractivity contribution is 0.00143. The minimum Gasteiger partial charge on any atom is -0.489 e. The van der Waals surface area contributed by atoms with E-state index in [1.165, 1.54) is 0 Å². The zero-order valence-electron chi connectivity index (χ0n) is 17.4. The molecule has 0 radical (unpaired) electrons. The summed E-state index contributed by atoms with van der Waals surface area (Å²) in [7, 11) is 0. The molecule has 0 atom stereocenters. The van der Waals surface area contributed by atoms with Crippen LogP contribution < -0.4 is 15.4 Å². The predicted molar refractivity (Wildman–Crippen MR) is 121 cm³/mol. The van der Waals surface area contributed by atoms with Gasteiger partial charge in [0.15, 0.2) is 0 Å². The number of halogens is 1. The van der Waals surface area contributed by atoms with Crippen LogP contribution in [0.3, 0.4) is 0 Å². The molecule has 160 valence electrons. The Morgan fingerprint density at radius 1 is 1.26 bits per heavy atom. The molecule has 5 rings (SSSR count). The summed E-state index contributed by atoms with van der Waals surface area (Å²) in [5.74, 6) is 0.521. The number of carbonyl (C=O) groups excluding carboxylic acids is 1. The molecule has 3 aromatic rings. The van der Waals surface area contributed by atoms with Crippen molar-refractivity contribution in [2.24, 2.45) is 5.41 Å². The van der Waals surface area contributed by atoms with Gasteiger partial charge in [0.25, 0.3) is 5.91 Å². The standard InChI is InChI=1S/C24H25ClN4O2/c1-16-9-19(31-13-17-5-3-2-4-6-17)7-8-21(16)28-23(30)22-20(25)12-27-29(22)18-10-24(11-18)14-26-15-24/h2-9,12,18,26H,10-11,13-15H2,1H3,(H,28,30). The fraction of sp³-hybridized carbons (Fsp3) is 0.333. The number of carbonyl (C=O) groups is 1. The molecule has 6 nitrogen and oxygen atoms in total. The van der Waals surface area contributed by atoms with Crippen LogP contribution in [0.2, 0.25) is 5.02 Å². The summed E-state index contributed by atoms with van der Waals surface area (Å²) in [6.07, 6.45) is 3.63. The number of amides is 1. The molecular formula is C24H25ClN4O2. The van der Waals surface area contributed by atoms with E-state index in [1.54, 1.807) is 10.9 Å². The second kappa shape index (κ2) is 8.02. The smallest absolute Gasteiger partial charge is 0.275 e. The van der Waals surface area contributed by atoms with E-state index in [9.17, 15) is 4.79 Å². The summed E-state index contributed by atoms with van der Waals surface area (Å²) < 4.78 is 7.68. The highest BCUT2D eigenvalue weighted by Gasteiger charge is 2.50. The molecule has 2 fully saturated rings. The maximum Gasteiger partial charge on any atom is 0.275 e. The van der Waals surface area contributed by atoms with Crippen molar-refractivity contribution in [1.82, 2.24) is 15.1 Å². The number of anilines is 1. The van der Waals surface area contributed by atoms with Crippen molar-refractivity contribution in [1.29, 1.82) is 0 Å². The Morgan fingerprint density at radius 2 is 2.03 bits per heavy atom. The Hall–Kier alpha value is -2.83. The lowest BCUT2D eigenvalue weighted by Gasteiger charge is -2.54. The Kier molecular flexibility index (Phi) is 5.20. The van der Waals surface area contributed by atoms with Crippen LogP contribution in [0.1, 0.15) is 40.5 Å². The number of nitrogens with one attached hydrogen (secondary N) is 2. The van der Waals surface area contributed by atoms with Crippen molar-refractivity contribution in [3.8, 4) is 5.75 Å². The van der Waals surface area contributed by atoms with E-state index in [0.29, 0.717) is 22.7 Å². The monoisotopic (exact) mass is 436 g/mol. The molecule has 2 aromatic carbocycles. The quantitative estimate of drug-likeness (QED) is 0.592. The zero-order valence-corrected chi connectivity index (χ0v) is 18.2. The highest BCUT2D eigenvalue weighted by Crippen LogP contribution is 2.51. The van der Waals surface area contributed by atoms with E-state index in [0.717, 1.165) is 48.5 Å². The molecule has 1 saturated carbocycles. The molecule has 1 saturated heterocycles. The SMILES string of the molecule is Cc1cc(OCc2ccccc2)ccc1NC(=O)c1c(Cl)cnn1C1CC2(CNC2)C1. The first-order valence-corrected chi connectivity index (χ1v) is 10.9. The second-order valence-corrected chi connectivity index (χ2v) is 9.06. The van der Waals surface area contributed by atoms with E-state index >= 15 is 0 Å². The summed E-state index contributed by atoms with van der Waals surface area (Å²) in [5, 5.41) is 11.1. The molecule has 0 bridgehead atoms. The lowest BCUT2D eigenvalue weighted by Crippen LogP contribution is -2.60. The largest absolute Gasteiger partial charge is 0.489 e. The van der Waals surface area contributed by atoms with Crippen LogP contribution in [0.5, 0.6) is 5.75 Å². The minimum absolute atomic E-state index is 0.227. The number of ether oxygens (including phenoxy) is 1. The van der Waals surface area contributed by atoms with Crippen molar-refractivity contribution in [3.05, 3.63) is 76.6 Å². The zero-order chi connectivity index (χ0) is 21.4. The van der Waals surface area contributed by atoms with Crippen LogP contribution in [0, 0.1) is 12.3 Å². The van der Waals surface area contributed by atoms with Crippen LogP contribution in [0.25, 0.3) is 0 Å². The molecule has 7 heteroatoms. The average Bonchev–Trinajstić information content (AvgIpc) is 3.08. The van der Waals surface area contributed by atoms with Gasteiger partial charge in [0, 0.05) is 18.8 Å². The second-order valence-electron chi connectivity index (χ2n) is 8.66. The summed E-state index contributed by atoms with van der Waals surface area (Å²) in [6.45, 7) is 4.55. The number of hydrogen-bond donors (Lipinski definition) is 2. The lowest BCUT2D eigenvalue weighted by atomic mass is 9.61. The van der Waals surface area contributed by atoms with E-state index < -0.39 is 0 Å². The van der Waals surface area contributed by atoms with Crippen LogP contribution >= 0.6 is 11.6 Å². The predicted octanol–water partition coefficient (Wildman–Crippen LogP) is 4.60. The van der Waals surface area contributed by atoms with Gasteiger partial charge in [0.1, 0.15) is 18.1 Å². The van der Waals surface area contributed by atoms with Crippen LogP contribution in [-0.4, -0.2) is 28.8 Å². The van der Waals surface area contributed by atoms with Crippen molar-refractivity contribution in [3.63, 3.8) is 0 Å². The van der Waals surface area contributed by atoms with Gasteiger partial charge in [0.05, 0.1) is 17.3 Å². The van der Waals surface area contributed by atoms with Crippen LogP contribution in [-0.2, 0) is 6.61 Å². The van der Waals surface area contributed by atoms with Crippen molar-refractivity contribution in [2.75, 3.05) is 18.4 Å². The molecule has 0 unspecified atom stereocenters. The van der Waals surface area contributed by atoms with Gasteiger partial charge >= 0.3 is 0 Å². The summed E-state index contributed by atoms with van der Waals surface area (Å²) in [6, 6.07) is 15.9. The normalized spacial score (nSPS) is 17.1. The Labute approximate surface area is 186 Å². The molecule has 1 aliphatic heterocycles. The van der Waals surface area contributed by atoms with Gasteiger partial charge in [-0.15, -0.1) is 0 Å². The van der Waals surface area contributed by atoms with Crippen molar-refractivity contribution < 1.29 is 9.53 Å². The maximum atomic E-state index is 13.1. The Bertz CT molecular complexity index is 1100. The molecule has 31 heavy (non-hydrogen) atoms. The minimum atomic E-state index is -0.240. The fourth-order valence-electron chi connectivity index (χ4n) is 4.50. The third-order valence-electron chi connectivity index (χ3n) is 6.34. The first-order valence-electron chi connectivity index (χ1n) is 10.6. The average molecular weight is 437 g/mol.